The first-order valence-corrected chi connectivity index (χ1v) is 5.46. The lowest BCUT2D eigenvalue weighted by Crippen LogP contribution is -2.35. The summed E-state index contributed by atoms with van der Waals surface area (Å²) in [4.78, 5) is 23.8. The number of anilines is 1. The van der Waals surface area contributed by atoms with Crippen LogP contribution < -0.4 is 4.90 Å². The molecule has 0 aromatic heterocycles. The van der Waals surface area contributed by atoms with Gasteiger partial charge in [0.15, 0.2) is 0 Å². The summed E-state index contributed by atoms with van der Waals surface area (Å²) in [5, 5.41) is 8.51. The number of fused-ring (bicyclic) bond motifs is 1. The minimum absolute atomic E-state index is 0.0405. The highest BCUT2D eigenvalue weighted by Gasteiger charge is 2.22. The summed E-state index contributed by atoms with van der Waals surface area (Å²) in [5.74, 6) is -0.957. The third-order valence-corrected chi connectivity index (χ3v) is 2.74. The lowest BCUT2D eigenvalue weighted by molar-refractivity contribution is -0.131. The van der Waals surface area contributed by atoms with E-state index in [9.17, 15) is 9.59 Å². The van der Waals surface area contributed by atoms with E-state index < -0.39 is 5.97 Å². The van der Waals surface area contributed by atoms with Gasteiger partial charge in [0.2, 0.25) is 5.91 Å². The molecule has 0 atom stereocenters. The molecule has 1 heterocycles. The molecule has 1 aliphatic rings. The van der Waals surface area contributed by atoms with Gasteiger partial charge in [-0.15, -0.1) is 0 Å². The van der Waals surface area contributed by atoms with Crippen LogP contribution in [0.4, 0.5) is 5.69 Å². The highest BCUT2D eigenvalue weighted by atomic mass is 16.4. The summed E-state index contributed by atoms with van der Waals surface area (Å²) >= 11 is 0. The predicted molar refractivity (Wildman–Crippen MR) is 63.9 cm³/mol. The fourth-order valence-corrected chi connectivity index (χ4v) is 1.96. The van der Waals surface area contributed by atoms with E-state index >= 15 is 0 Å². The first kappa shape index (κ1) is 11.4. The van der Waals surface area contributed by atoms with Crippen molar-refractivity contribution in [1.82, 2.24) is 0 Å². The minimum Gasteiger partial charge on any atom is -0.478 e. The first-order chi connectivity index (χ1) is 8.18. The van der Waals surface area contributed by atoms with E-state index in [4.69, 9.17) is 5.11 Å². The Kier molecular flexibility index (Phi) is 3.23. The van der Waals surface area contributed by atoms with Gasteiger partial charge in [-0.3, -0.25) is 4.79 Å². The molecule has 0 spiro atoms. The number of rotatable bonds is 3. The second-order valence-corrected chi connectivity index (χ2v) is 3.87. The second kappa shape index (κ2) is 4.82. The van der Waals surface area contributed by atoms with Gasteiger partial charge in [0.25, 0.3) is 0 Å². The number of aliphatic carboxylic acids is 1. The van der Waals surface area contributed by atoms with Crippen LogP contribution in [0.25, 0.3) is 0 Å². The number of carbonyl (C=O) groups excluding carboxylic acids is 1. The monoisotopic (exact) mass is 231 g/mol. The number of carboxylic acids is 1. The molecule has 4 heteroatoms. The van der Waals surface area contributed by atoms with Crippen LogP contribution in [-0.4, -0.2) is 23.5 Å². The third kappa shape index (κ3) is 2.53. The van der Waals surface area contributed by atoms with E-state index in [1.807, 2.05) is 24.3 Å². The predicted octanol–water partition coefficient (Wildman–Crippen LogP) is 1.61. The topological polar surface area (TPSA) is 57.6 Å². The van der Waals surface area contributed by atoms with Gasteiger partial charge in [0.05, 0.1) is 0 Å². The Bertz CT molecular complexity index is 479. The van der Waals surface area contributed by atoms with Crippen molar-refractivity contribution in [3.05, 3.63) is 42.0 Å². The van der Waals surface area contributed by atoms with E-state index in [-0.39, 0.29) is 5.91 Å². The summed E-state index contributed by atoms with van der Waals surface area (Å²) in [5.41, 5.74) is 2.02. The van der Waals surface area contributed by atoms with E-state index in [0.29, 0.717) is 13.0 Å². The molecule has 0 saturated carbocycles. The minimum atomic E-state index is -0.997. The summed E-state index contributed by atoms with van der Waals surface area (Å²) in [7, 11) is 0. The number of benzene rings is 1. The van der Waals surface area contributed by atoms with Crippen LogP contribution >= 0.6 is 0 Å². The van der Waals surface area contributed by atoms with Gasteiger partial charge in [-0.1, -0.05) is 24.3 Å². The van der Waals surface area contributed by atoms with Crippen LogP contribution in [0.1, 0.15) is 12.0 Å². The zero-order valence-corrected chi connectivity index (χ0v) is 9.30. The van der Waals surface area contributed by atoms with Gasteiger partial charge < -0.3 is 10.0 Å². The van der Waals surface area contributed by atoms with Gasteiger partial charge in [-0.2, -0.15) is 0 Å². The van der Waals surface area contributed by atoms with Gasteiger partial charge >= 0.3 is 5.97 Å². The summed E-state index contributed by atoms with van der Waals surface area (Å²) in [6.45, 7) is 0.308. The number of carboxylic acid groups (broad SMARTS) is 1. The fraction of sp³-hybridized carbons (Fsp3) is 0.231. The quantitative estimate of drug-likeness (QED) is 0.804. The maximum absolute atomic E-state index is 11.8. The van der Waals surface area contributed by atoms with Crippen molar-refractivity contribution >= 4 is 17.6 Å². The molecule has 0 unspecified atom stereocenters. The van der Waals surface area contributed by atoms with Crippen molar-refractivity contribution in [2.75, 3.05) is 11.4 Å². The van der Waals surface area contributed by atoms with Crippen molar-refractivity contribution in [3.63, 3.8) is 0 Å². The number of nitrogens with zero attached hydrogens (tertiary/aromatic N) is 1. The average molecular weight is 231 g/mol. The van der Waals surface area contributed by atoms with Crippen molar-refractivity contribution in [1.29, 1.82) is 0 Å². The molecule has 1 amide bonds. The Labute approximate surface area is 99.2 Å². The lowest BCUT2D eigenvalue weighted by Gasteiger charge is -2.28. The van der Waals surface area contributed by atoms with Crippen LogP contribution in [0.3, 0.4) is 0 Å². The molecule has 4 nitrogen and oxygen atoms in total. The zero-order chi connectivity index (χ0) is 12.3. The van der Waals surface area contributed by atoms with Gasteiger partial charge in [-0.25, -0.2) is 4.79 Å². The number of hydrogen-bond donors (Lipinski definition) is 1. The van der Waals surface area contributed by atoms with Gasteiger partial charge in [0, 0.05) is 24.7 Å². The van der Waals surface area contributed by atoms with Crippen LogP contribution in [0.15, 0.2) is 36.4 Å². The maximum atomic E-state index is 11.8. The maximum Gasteiger partial charge on any atom is 0.328 e. The first-order valence-electron chi connectivity index (χ1n) is 5.46. The molecule has 1 aliphatic heterocycles. The molecule has 2 rings (SSSR count). The smallest absolute Gasteiger partial charge is 0.328 e. The van der Waals surface area contributed by atoms with Crippen molar-refractivity contribution in [2.24, 2.45) is 0 Å². The number of aryl methyl sites for hydroxylation is 1. The Balaban J connectivity index is 2.21. The van der Waals surface area contributed by atoms with Crippen LogP contribution in [-0.2, 0) is 16.0 Å². The largest absolute Gasteiger partial charge is 0.478 e. The molecule has 0 radical (unpaired) electrons. The molecule has 1 N–H and O–H groups in total. The Hall–Kier alpha value is -2.10. The van der Waals surface area contributed by atoms with Crippen LogP contribution in [0.2, 0.25) is 0 Å². The molecule has 0 aliphatic carbocycles. The van der Waals surface area contributed by atoms with Crippen molar-refractivity contribution in [2.45, 2.75) is 12.8 Å². The van der Waals surface area contributed by atoms with Crippen molar-refractivity contribution in [3.8, 4) is 0 Å². The average Bonchev–Trinajstić information content (AvgIpc) is 2.32. The Morgan fingerprint density at radius 2 is 2.12 bits per heavy atom. The highest BCUT2D eigenvalue weighted by molar-refractivity contribution is 5.96. The Morgan fingerprint density at radius 3 is 2.88 bits per heavy atom. The van der Waals surface area contributed by atoms with E-state index in [1.165, 1.54) is 6.08 Å². The van der Waals surface area contributed by atoms with Gasteiger partial charge in [-0.05, 0) is 18.1 Å². The third-order valence-electron chi connectivity index (χ3n) is 2.74. The molecule has 88 valence electrons. The molecule has 0 bridgehead atoms. The molecule has 1 aromatic rings. The zero-order valence-electron chi connectivity index (χ0n) is 9.30. The normalized spacial score (nSPS) is 15.1. The molecule has 1 aromatic carbocycles. The summed E-state index contributed by atoms with van der Waals surface area (Å²) in [6.07, 6.45) is 3.79. The molecular weight excluding hydrogens is 218 g/mol. The summed E-state index contributed by atoms with van der Waals surface area (Å²) in [6, 6.07) is 7.71. The van der Waals surface area contributed by atoms with Crippen LogP contribution in [0, 0.1) is 0 Å². The molecule has 0 fully saturated rings. The van der Waals surface area contributed by atoms with E-state index in [2.05, 4.69) is 0 Å². The lowest BCUT2D eigenvalue weighted by atomic mass is 10.0. The molecule has 0 saturated heterocycles. The SMILES string of the molecule is O=C(O)/C=C/CN1C(=O)CCc2ccccc21. The fourth-order valence-electron chi connectivity index (χ4n) is 1.96. The number of hydrogen-bond acceptors (Lipinski definition) is 2. The highest BCUT2D eigenvalue weighted by Crippen LogP contribution is 2.27. The standard InChI is InChI=1S/C13H13NO3/c15-12-8-7-10-4-1-2-5-11(10)14(12)9-3-6-13(16)17/h1-6H,7-9H2,(H,16,17)/b6-3+. The van der Waals surface area contributed by atoms with Crippen molar-refractivity contribution < 1.29 is 14.7 Å². The van der Waals surface area contributed by atoms with E-state index in [0.717, 1.165) is 23.7 Å². The number of para-hydroxylation sites is 1. The Morgan fingerprint density at radius 1 is 1.35 bits per heavy atom. The van der Waals surface area contributed by atoms with Crippen LogP contribution in [0.5, 0.6) is 0 Å². The molecule has 17 heavy (non-hydrogen) atoms. The summed E-state index contributed by atoms with van der Waals surface area (Å²) < 4.78 is 0. The molecular formula is C13H13NO3. The number of amides is 1. The van der Waals surface area contributed by atoms with Gasteiger partial charge in [0.1, 0.15) is 0 Å². The van der Waals surface area contributed by atoms with E-state index in [1.54, 1.807) is 4.90 Å². The second-order valence-electron chi connectivity index (χ2n) is 3.87. The number of carbonyl (C=O) groups is 2.